The van der Waals surface area contributed by atoms with Crippen LogP contribution in [0.25, 0.3) is 44.1 Å². The second kappa shape index (κ2) is 12.2. The molecule has 0 aliphatic carbocycles. The van der Waals surface area contributed by atoms with Crippen molar-refractivity contribution in [1.82, 2.24) is 30.9 Å². The van der Waals surface area contributed by atoms with Crippen LogP contribution in [0.15, 0.2) is 79.0 Å². The van der Waals surface area contributed by atoms with Gasteiger partial charge in [0.25, 0.3) is 0 Å². The Bertz CT molecular complexity index is 2150. The highest BCUT2D eigenvalue weighted by Crippen LogP contribution is 2.37. The molecule has 1 aliphatic heterocycles. The van der Waals surface area contributed by atoms with Gasteiger partial charge in [-0.25, -0.2) is 4.79 Å². The minimum absolute atomic E-state index is 0.120. The Morgan fingerprint density at radius 1 is 0.766 bits per heavy atom. The molecule has 3 atom stereocenters. The van der Waals surface area contributed by atoms with Crippen molar-refractivity contribution in [2.75, 3.05) is 7.11 Å². The summed E-state index contributed by atoms with van der Waals surface area (Å²) >= 11 is 0. The smallest absolute Gasteiger partial charge is 0.328 e. The molecule has 0 radical (unpaired) electrons. The molecule has 1 aliphatic rings. The predicted octanol–water partition coefficient (Wildman–Crippen LogP) is 3.79. The number of hydrogen-bond acceptors (Lipinski definition) is 5. The molecule has 0 fully saturated rings. The molecule has 0 unspecified atom stereocenters. The van der Waals surface area contributed by atoms with E-state index in [0.29, 0.717) is 0 Å². The molecule has 3 aromatic carbocycles. The third-order valence-electron chi connectivity index (χ3n) is 8.92. The summed E-state index contributed by atoms with van der Waals surface area (Å²) in [7, 11) is 1.28. The van der Waals surface area contributed by atoms with Crippen LogP contribution in [0.4, 0.5) is 0 Å². The summed E-state index contributed by atoms with van der Waals surface area (Å²) in [5.41, 5.74) is 6.46. The molecule has 0 spiro atoms. The summed E-state index contributed by atoms with van der Waals surface area (Å²) in [6.45, 7) is 1.36. The highest BCUT2D eigenvalue weighted by molar-refractivity contribution is 5.99. The van der Waals surface area contributed by atoms with Gasteiger partial charge in [0.1, 0.15) is 18.1 Å². The number of H-pyrrole nitrogens is 3. The van der Waals surface area contributed by atoms with E-state index in [0.717, 1.165) is 60.8 Å². The summed E-state index contributed by atoms with van der Waals surface area (Å²) in [6.07, 6.45) is 2.21. The lowest BCUT2D eigenvalue weighted by Gasteiger charge is -2.24. The molecule has 3 aromatic heterocycles. The first kappa shape index (κ1) is 29.8. The van der Waals surface area contributed by atoms with Crippen LogP contribution in [0.1, 0.15) is 23.6 Å². The summed E-state index contributed by atoms with van der Waals surface area (Å²) in [5.74, 6) is -2.08. The van der Waals surface area contributed by atoms with Crippen molar-refractivity contribution in [3.63, 3.8) is 0 Å². The number of aromatic amines is 3. The maximum Gasteiger partial charge on any atom is 0.328 e. The van der Waals surface area contributed by atoms with Gasteiger partial charge >= 0.3 is 5.97 Å². The first-order valence-corrected chi connectivity index (χ1v) is 15.5. The van der Waals surface area contributed by atoms with E-state index in [1.54, 1.807) is 0 Å². The molecule has 0 saturated carbocycles. The van der Waals surface area contributed by atoms with Crippen LogP contribution in [0, 0.1) is 0 Å². The molecular formula is C36H34N6O5. The van der Waals surface area contributed by atoms with Gasteiger partial charge in [-0.05, 0) is 34.9 Å². The van der Waals surface area contributed by atoms with E-state index in [9.17, 15) is 19.2 Å². The summed E-state index contributed by atoms with van der Waals surface area (Å²) < 4.78 is 5.18. The van der Waals surface area contributed by atoms with Gasteiger partial charge < -0.3 is 35.6 Å². The Balaban J connectivity index is 1.41. The van der Waals surface area contributed by atoms with Gasteiger partial charge in [0.15, 0.2) is 0 Å². The minimum Gasteiger partial charge on any atom is -0.467 e. The summed E-state index contributed by atoms with van der Waals surface area (Å²) in [6, 6.07) is 20.1. The lowest BCUT2D eigenvalue weighted by Crippen LogP contribution is -2.57. The third-order valence-corrected chi connectivity index (χ3v) is 8.92. The number of para-hydroxylation sites is 3. The Labute approximate surface area is 269 Å². The van der Waals surface area contributed by atoms with Gasteiger partial charge in [0.2, 0.25) is 17.7 Å². The van der Waals surface area contributed by atoms with E-state index in [4.69, 9.17) is 4.74 Å². The number of fused-ring (bicyclic) bond motifs is 8. The molecule has 0 saturated heterocycles. The van der Waals surface area contributed by atoms with E-state index in [1.807, 2.05) is 79.0 Å². The van der Waals surface area contributed by atoms with E-state index in [1.165, 1.54) is 14.0 Å². The molecule has 0 bridgehead atoms. The number of hydrogen-bond donors (Lipinski definition) is 6. The van der Waals surface area contributed by atoms with E-state index in [-0.39, 0.29) is 25.2 Å². The zero-order valence-electron chi connectivity index (χ0n) is 25.9. The number of aromatic nitrogens is 3. The van der Waals surface area contributed by atoms with Crippen molar-refractivity contribution in [1.29, 1.82) is 0 Å². The monoisotopic (exact) mass is 630 g/mol. The van der Waals surface area contributed by atoms with Crippen LogP contribution in [-0.4, -0.2) is 63.9 Å². The lowest BCUT2D eigenvalue weighted by atomic mass is 9.96. The average Bonchev–Trinajstić information content (AvgIpc) is 3.76. The maximum atomic E-state index is 14.1. The third kappa shape index (κ3) is 5.60. The fourth-order valence-electron chi connectivity index (χ4n) is 6.72. The Hall–Kier alpha value is -5.84. The van der Waals surface area contributed by atoms with Crippen molar-refractivity contribution < 1.29 is 23.9 Å². The molecule has 4 heterocycles. The summed E-state index contributed by atoms with van der Waals surface area (Å²) in [4.78, 5) is 64.2. The predicted molar refractivity (Wildman–Crippen MR) is 178 cm³/mol. The topological polar surface area (TPSA) is 161 Å². The quantitative estimate of drug-likeness (QED) is 0.163. The Morgan fingerprint density at radius 2 is 1.34 bits per heavy atom. The van der Waals surface area contributed by atoms with Crippen molar-refractivity contribution >= 4 is 56.4 Å². The van der Waals surface area contributed by atoms with Gasteiger partial charge in [0.05, 0.1) is 18.5 Å². The van der Waals surface area contributed by atoms with Crippen molar-refractivity contribution in [3.05, 3.63) is 95.7 Å². The largest absolute Gasteiger partial charge is 0.467 e. The zero-order chi connectivity index (χ0) is 32.7. The number of amides is 3. The van der Waals surface area contributed by atoms with Crippen LogP contribution in [0.2, 0.25) is 0 Å². The normalized spacial score (nSPS) is 18.7. The molecule has 6 aromatic rings. The van der Waals surface area contributed by atoms with E-state index >= 15 is 0 Å². The van der Waals surface area contributed by atoms with E-state index in [2.05, 4.69) is 30.9 Å². The average molecular weight is 631 g/mol. The molecule has 7 rings (SSSR count). The molecule has 6 N–H and O–H groups in total. The molecule has 11 heteroatoms. The molecule has 3 amide bonds. The molecule has 238 valence electrons. The zero-order valence-corrected chi connectivity index (χ0v) is 25.9. The van der Waals surface area contributed by atoms with Crippen LogP contribution in [-0.2, 0) is 43.2 Å². The second-order valence-corrected chi connectivity index (χ2v) is 11.9. The fraction of sp³-hybridized carbons (Fsp3) is 0.222. The Morgan fingerprint density at radius 3 is 1.96 bits per heavy atom. The van der Waals surface area contributed by atoms with Gasteiger partial charge in [-0.15, -0.1) is 0 Å². The van der Waals surface area contributed by atoms with Gasteiger partial charge in [0, 0.05) is 65.1 Å². The van der Waals surface area contributed by atoms with Crippen LogP contribution in [0.3, 0.4) is 0 Å². The standard InChI is InChI=1S/C36H34N6O5/c1-19(43)38-30-16-24-22-10-4-7-13-27(22)39-32(24)33-25(23-11-5-8-14-28(23)40-33)17-31(36(46)47-2)42-34(44)29(41-35(30)45)15-20-18-37-26-12-6-3-9-21(20)26/h3-14,18,29-31,37,39-40H,15-17H2,1-2H3,(H,38,43)(H,41,45)(H,42,44)/t29-,30-,31-/m0/s1. The number of methoxy groups -OCH3 is 1. The van der Waals surface area contributed by atoms with Gasteiger partial charge in [-0.3, -0.25) is 14.4 Å². The van der Waals surface area contributed by atoms with Crippen molar-refractivity contribution in [2.45, 2.75) is 44.3 Å². The number of carbonyl (C=O) groups excluding carboxylic acids is 4. The fourth-order valence-corrected chi connectivity index (χ4v) is 6.72. The first-order valence-electron chi connectivity index (χ1n) is 15.5. The minimum atomic E-state index is -1.07. The molecule has 47 heavy (non-hydrogen) atoms. The van der Waals surface area contributed by atoms with E-state index < -0.39 is 35.9 Å². The number of esters is 1. The number of nitrogens with one attached hydrogen (secondary N) is 6. The van der Waals surface area contributed by atoms with Gasteiger partial charge in [-0.1, -0.05) is 54.6 Å². The maximum absolute atomic E-state index is 14.1. The van der Waals surface area contributed by atoms with Crippen molar-refractivity contribution in [2.24, 2.45) is 0 Å². The number of benzene rings is 3. The second-order valence-electron chi connectivity index (χ2n) is 11.9. The Kier molecular flexibility index (Phi) is 7.72. The lowest BCUT2D eigenvalue weighted by molar-refractivity contribution is -0.145. The van der Waals surface area contributed by atoms with Gasteiger partial charge in [-0.2, -0.15) is 0 Å². The summed E-state index contributed by atoms with van der Waals surface area (Å²) in [5, 5.41) is 11.3. The highest BCUT2D eigenvalue weighted by atomic mass is 16.5. The SMILES string of the molecule is COC(=O)[C@@H]1Cc2c([nH]c3ccccc23)-c2[nH]c3ccccc3c2C[C@H](NC(C)=O)C(=O)N[C@@H](Cc2c[nH]c3ccccc23)C(=O)N1. The first-order chi connectivity index (χ1) is 22.8. The number of ether oxygens (including phenoxy) is 1. The van der Waals surface area contributed by atoms with Crippen LogP contribution in [0.5, 0.6) is 0 Å². The molecular weight excluding hydrogens is 596 g/mol. The highest BCUT2D eigenvalue weighted by Gasteiger charge is 2.34. The van der Waals surface area contributed by atoms with Crippen molar-refractivity contribution in [3.8, 4) is 11.4 Å². The number of rotatable bonds is 4. The van der Waals surface area contributed by atoms with Crippen LogP contribution < -0.4 is 16.0 Å². The number of carbonyl (C=O) groups is 4. The molecule has 11 nitrogen and oxygen atoms in total. The van der Waals surface area contributed by atoms with Crippen LogP contribution >= 0.6 is 0 Å².